The number of carbonyl (C=O) groups excluding carboxylic acids is 1. The number of benzene rings is 2. The minimum Gasteiger partial charge on any atom is -0.368 e. The van der Waals surface area contributed by atoms with Gasteiger partial charge >= 0.3 is 0 Å². The van der Waals surface area contributed by atoms with Gasteiger partial charge in [0.15, 0.2) is 5.69 Å². The van der Waals surface area contributed by atoms with Gasteiger partial charge in [0.25, 0.3) is 5.91 Å². The highest BCUT2D eigenvalue weighted by molar-refractivity contribution is 6.30. The van der Waals surface area contributed by atoms with Gasteiger partial charge in [-0.3, -0.25) is 9.48 Å². The zero-order chi connectivity index (χ0) is 20.5. The van der Waals surface area contributed by atoms with E-state index in [9.17, 15) is 4.79 Å². The average molecular weight is 423 g/mol. The molecule has 0 saturated carbocycles. The molecule has 5 rings (SSSR count). The number of nitrogens with zero attached hydrogens (tertiary/aromatic N) is 4. The van der Waals surface area contributed by atoms with Gasteiger partial charge < -0.3 is 14.5 Å². The molecule has 1 saturated heterocycles. The first kappa shape index (κ1) is 19.2. The van der Waals surface area contributed by atoms with Gasteiger partial charge in [-0.15, -0.1) is 0 Å². The first-order valence-electron chi connectivity index (χ1n) is 10.2. The molecule has 7 heteroatoms. The van der Waals surface area contributed by atoms with Crippen LogP contribution in [0.2, 0.25) is 5.02 Å². The van der Waals surface area contributed by atoms with E-state index < -0.39 is 0 Å². The van der Waals surface area contributed by atoms with Gasteiger partial charge in [0.1, 0.15) is 6.10 Å². The number of halogens is 1. The number of para-hydroxylation sites is 1. The first-order chi connectivity index (χ1) is 14.7. The minimum absolute atomic E-state index is 0.00680. The van der Waals surface area contributed by atoms with Crippen molar-refractivity contribution in [3.05, 3.63) is 82.6 Å². The molecule has 2 aliphatic heterocycles. The Morgan fingerprint density at radius 3 is 2.47 bits per heavy atom. The average Bonchev–Trinajstić information content (AvgIpc) is 3.23. The minimum atomic E-state index is -0.0907. The van der Waals surface area contributed by atoms with Crippen LogP contribution in [0.3, 0.4) is 0 Å². The van der Waals surface area contributed by atoms with E-state index in [4.69, 9.17) is 16.3 Å². The van der Waals surface area contributed by atoms with Crippen molar-refractivity contribution in [2.45, 2.75) is 19.3 Å². The topological polar surface area (TPSA) is 50.6 Å². The van der Waals surface area contributed by atoms with Crippen LogP contribution in [0.15, 0.2) is 60.7 Å². The van der Waals surface area contributed by atoms with Gasteiger partial charge in [0.2, 0.25) is 0 Å². The predicted octanol–water partition coefficient (Wildman–Crippen LogP) is 3.77. The van der Waals surface area contributed by atoms with Gasteiger partial charge in [-0.25, -0.2) is 0 Å². The molecule has 6 nitrogen and oxygen atoms in total. The van der Waals surface area contributed by atoms with E-state index in [-0.39, 0.29) is 12.0 Å². The summed E-state index contributed by atoms with van der Waals surface area (Å²) < 4.78 is 7.90. The standard InChI is InChI=1S/C23H23ClN4O2/c24-18-8-6-17(7-9-18)22-15-28-20(16-30-22)14-21(25-28)23(29)27-12-10-26(11-13-27)19-4-2-1-3-5-19/h1-9,14,22H,10-13,15-16H2/t22-/m0/s1. The van der Waals surface area contributed by atoms with Crippen LogP contribution in [0.4, 0.5) is 5.69 Å². The highest BCUT2D eigenvalue weighted by Gasteiger charge is 2.28. The Labute approximate surface area is 180 Å². The molecule has 3 aromatic rings. The van der Waals surface area contributed by atoms with Crippen molar-refractivity contribution in [2.24, 2.45) is 0 Å². The molecule has 0 spiro atoms. The second-order valence-electron chi connectivity index (χ2n) is 7.67. The highest BCUT2D eigenvalue weighted by Crippen LogP contribution is 2.28. The van der Waals surface area contributed by atoms with Crippen LogP contribution in [-0.2, 0) is 17.9 Å². The van der Waals surface area contributed by atoms with E-state index in [1.54, 1.807) is 0 Å². The summed E-state index contributed by atoms with van der Waals surface area (Å²) in [5, 5.41) is 5.31. The first-order valence-corrected chi connectivity index (χ1v) is 10.6. The fourth-order valence-corrected chi connectivity index (χ4v) is 4.20. The molecule has 2 aromatic carbocycles. The van der Waals surface area contributed by atoms with Crippen molar-refractivity contribution < 1.29 is 9.53 Å². The maximum atomic E-state index is 13.0. The molecular formula is C23H23ClN4O2. The number of hydrogen-bond acceptors (Lipinski definition) is 4. The SMILES string of the molecule is O=C(c1cc2n(n1)C[C@@H](c1ccc(Cl)cc1)OC2)N1CCN(c2ccccc2)CC1. The number of hydrogen-bond donors (Lipinski definition) is 0. The molecule has 1 atom stereocenters. The Balaban J connectivity index is 1.24. The number of anilines is 1. The Morgan fingerprint density at radius 2 is 1.73 bits per heavy atom. The number of ether oxygens (including phenoxy) is 1. The summed E-state index contributed by atoms with van der Waals surface area (Å²) in [5.74, 6) is -0.00680. The maximum Gasteiger partial charge on any atom is 0.274 e. The van der Waals surface area contributed by atoms with E-state index >= 15 is 0 Å². The lowest BCUT2D eigenvalue weighted by molar-refractivity contribution is -0.00121. The van der Waals surface area contributed by atoms with E-state index in [1.165, 1.54) is 5.69 Å². The number of piperazine rings is 1. The molecule has 2 aliphatic rings. The van der Waals surface area contributed by atoms with Crippen molar-refractivity contribution in [1.29, 1.82) is 0 Å². The molecular weight excluding hydrogens is 400 g/mol. The van der Waals surface area contributed by atoms with E-state index in [2.05, 4.69) is 22.1 Å². The lowest BCUT2D eigenvalue weighted by Gasteiger charge is -2.35. The van der Waals surface area contributed by atoms with Crippen LogP contribution >= 0.6 is 11.6 Å². The zero-order valence-electron chi connectivity index (χ0n) is 16.6. The molecule has 1 fully saturated rings. The van der Waals surface area contributed by atoms with Crippen LogP contribution in [0, 0.1) is 0 Å². The number of rotatable bonds is 3. The smallest absolute Gasteiger partial charge is 0.274 e. The number of aromatic nitrogens is 2. The predicted molar refractivity (Wildman–Crippen MR) is 116 cm³/mol. The summed E-state index contributed by atoms with van der Waals surface area (Å²) in [5.41, 5.74) is 3.70. The van der Waals surface area contributed by atoms with Crippen LogP contribution in [0.25, 0.3) is 0 Å². The molecule has 3 heterocycles. The number of carbonyl (C=O) groups is 1. The quantitative estimate of drug-likeness (QED) is 0.644. The molecule has 0 unspecified atom stereocenters. The summed E-state index contributed by atoms with van der Waals surface area (Å²) >= 11 is 5.98. The Hall–Kier alpha value is -2.83. The van der Waals surface area contributed by atoms with Crippen molar-refractivity contribution in [3.63, 3.8) is 0 Å². The zero-order valence-corrected chi connectivity index (χ0v) is 17.3. The molecule has 30 heavy (non-hydrogen) atoms. The highest BCUT2D eigenvalue weighted by atomic mass is 35.5. The summed E-state index contributed by atoms with van der Waals surface area (Å²) in [6, 6.07) is 19.9. The van der Waals surface area contributed by atoms with Crippen LogP contribution in [-0.4, -0.2) is 46.8 Å². The van der Waals surface area contributed by atoms with Gasteiger partial charge in [0.05, 0.1) is 18.8 Å². The fraction of sp³-hybridized carbons (Fsp3) is 0.304. The van der Waals surface area contributed by atoms with E-state index in [0.717, 1.165) is 24.3 Å². The normalized spacial score (nSPS) is 18.9. The summed E-state index contributed by atoms with van der Waals surface area (Å²) in [4.78, 5) is 17.2. The molecule has 154 valence electrons. The number of amides is 1. The van der Waals surface area contributed by atoms with Crippen molar-refractivity contribution >= 4 is 23.2 Å². The lowest BCUT2D eigenvalue weighted by Crippen LogP contribution is -2.48. The Morgan fingerprint density at radius 1 is 1.00 bits per heavy atom. The third kappa shape index (κ3) is 3.80. The summed E-state index contributed by atoms with van der Waals surface area (Å²) in [6.45, 7) is 4.07. The summed E-state index contributed by atoms with van der Waals surface area (Å²) in [7, 11) is 0. The lowest BCUT2D eigenvalue weighted by atomic mass is 10.1. The van der Waals surface area contributed by atoms with Crippen LogP contribution in [0.5, 0.6) is 0 Å². The third-order valence-electron chi connectivity index (χ3n) is 5.78. The third-order valence-corrected chi connectivity index (χ3v) is 6.04. The molecule has 0 bridgehead atoms. The van der Waals surface area contributed by atoms with E-state index in [1.807, 2.05) is 58.1 Å². The van der Waals surface area contributed by atoms with Gasteiger partial charge in [-0.05, 0) is 35.9 Å². The van der Waals surface area contributed by atoms with Crippen LogP contribution < -0.4 is 4.90 Å². The monoisotopic (exact) mass is 422 g/mol. The largest absolute Gasteiger partial charge is 0.368 e. The second-order valence-corrected chi connectivity index (χ2v) is 8.11. The van der Waals surface area contributed by atoms with Crippen molar-refractivity contribution in [2.75, 3.05) is 31.1 Å². The number of fused-ring (bicyclic) bond motifs is 1. The Bertz CT molecular complexity index is 1030. The molecule has 1 amide bonds. The van der Waals surface area contributed by atoms with Gasteiger partial charge in [-0.1, -0.05) is 41.9 Å². The van der Waals surface area contributed by atoms with E-state index in [0.29, 0.717) is 37.0 Å². The van der Waals surface area contributed by atoms with Crippen molar-refractivity contribution in [3.8, 4) is 0 Å². The fourth-order valence-electron chi connectivity index (χ4n) is 4.08. The second kappa shape index (κ2) is 8.13. The van der Waals surface area contributed by atoms with Crippen molar-refractivity contribution in [1.82, 2.24) is 14.7 Å². The maximum absolute atomic E-state index is 13.0. The van der Waals surface area contributed by atoms with Gasteiger partial charge in [0, 0.05) is 36.9 Å². The molecule has 0 N–H and O–H groups in total. The molecule has 0 radical (unpaired) electrons. The summed E-state index contributed by atoms with van der Waals surface area (Å²) in [6.07, 6.45) is -0.0907. The van der Waals surface area contributed by atoms with Crippen LogP contribution in [0.1, 0.15) is 27.8 Å². The molecule has 1 aromatic heterocycles. The van der Waals surface area contributed by atoms with Gasteiger partial charge in [-0.2, -0.15) is 5.10 Å². The molecule has 0 aliphatic carbocycles. The Kier molecular flexibility index (Phi) is 5.19.